The van der Waals surface area contributed by atoms with Gasteiger partial charge in [-0.1, -0.05) is 29.8 Å². The third kappa shape index (κ3) is 3.93. The Balaban J connectivity index is 0.00000243. The molecule has 3 rings (SSSR count). The van der Waals surface area contributed by atoms with E-state index in [1.54, 1.807) is 24.3 Å². The minimum atomic E-state index is -4.84. The second kappa shape index (κ2) is 7.64. The van der Waals surface area contributed by atoms with Crippen LogP contribution in [0, 0.1) is 0 Å². The number of alkyl halides is 3. The Morgan fingerprint density at radius 1 is 1.12 bits per heavy atom. The highest BCUT2D eigenvalue weighted by Crippen LogP contribution is 2.38. The van der Waals surface area contributed by atoms with Gasteiger partial charge in [0.1, 0.15) is 0 Å². The van der Waals surface area contributed by atoms with Crippen molar-refractivity contribution < 1.29 is 21.6 Å². The molecule has 0 aliphatic carbocycles. The maximum Gasteiger partial charge on any atom is 0.417 e. The molecule has 0 saturated carbocycles. The molecule has 0 radical (unpaired) electrons. The molecular weight excluding hydrogens is 412 g/mol. The Morgan fingerprint density at radius 2 is 1.81 bits per heavy atom. The first-order chi connectivity index (χ1) is 11.7. The van der Waals surface area contributed by atoms with Crippen LogP contribution in [0.25, 0.3) is 0 Å². The van der Waals surface area contributed by atoms with Crippen molar-refractivity contribution in [2.45, 2.75) is 17.6 Å². The van der Waals surface area contributed by atoms with Crippen molar-refractivity contribution in [1.29, 1.82) is 0 Å². The molecular formula is C16H15Cl2F3N2O2S. The summed E-state index contributed by atoms with van der Waals surface area (Å²) in [7, 11) is -4.41. The molecule has 1 N–H and O–H groups in total. The van der Waals surface area contributed by atoms with Crippen LogP contribution in [0.1, 0.15) is 11.1 Å². The summed E-state index contributed by atoms with van der Waals surface area (Å²) in [6.45, 7) is 0.789. The lowest BCUT2D eigenvalue weighted by molar-refractivity contribution is -0.139. The normalized spacial score (nSPS) is 15.0. The van der Waals surface area contributed by atoms with Gasteiger partial charge in [0.25, 0.3) is 10.0 Å². The number of hydrogen-bond donors (Lipinski definition) is 1. The molecule has 1 heterocycles. The van der Waals surface area contributed by atoms with Gasteiger partial charge in [0.15, 0.2) is 0 Å². The van der Waals surface area contributed by atoms with Crippen LogP contribution in [0.5, 0.6) is 0 Å². The van der Waals surface area contributed by atoms with Crippen LogP contribution >= 0.6 is 24.0 Å². The van der Waals surface area contributed by atoms with Crippen molar-refractivity contribution in [3.63, 3.8) is 0 Å². The van der Waals surface area contributed by atoms with Crippen molar-refractivity contribution in [2.24, 2.45) is 0 Å². The minimum Gasteiger partial charge on any atom is -0.311 e. The average Bonchev–Trinajstić information content (AvgIpc) is 2.76. The number of nitrogens with zero attached hydrogens (tertiary/aromatic N) is 1. The summed E-state index contributed by atoms with van der Waals surface area (Å²) in [5, 5.41) is 2.88. The van der Waals surface area contributed by atoms with Gasteiger partial charge in [-0.2, -0.15) is 13.2 Å². The molecule has 10 heteroatoms. The molecule has 1 aliphatic rings. The molecule has 1 aliphatic heterocycles. The van der Waals surface area contributed by atoms with Crippen molar-refractivity contribution in [1.82, 2.24) is 5.32 Å². The molecule has 142 valence electrons. The highest BCUT2D eigenvalue weighted by atomic mass is 35.5. The van der Waals surface area contributed by atoms with E-state index in [2.05, 4.69) is 5.32 Å². The van der Waals surface area contributed by atoms with Gasteiger partial charge in [-0.3, -0.25) is 4.31 Å². The van der Waals surface area contributed by atoms with Crippen molar-refractivity contribution >= 4 is 39.7 Å². The van der Waals surface area contributed by atoms with Gasteiger partial charge in [0.2, 0.25) is 0 Å². The zero-order valence-electron chi connectivity index (χ0n) is 13.3. The lowest BCUT2D eigenvalue weighted by Gasteiger charge is -2.26. The van der Waals surface area contributed by atoms with Gasteiger partial charge in [-0.05, 0) is 29.8 Å². The van der Waals surface area contributed by atoms with Crippen molar-refractivity contribution in [2.75, 3.05) is 17.4 Å². The van der Waals surface area contributed by atoms with E-state index < -0.39 is 26.7 Å². The van der Waals surface area contributed by atoms with Gasteiger partial charge in [0.05, 0.1) is 16.1 Å². The second-order valence-electron chi connectivity index (χ2n) is 5.52. The zero-order chi connectivity index (χ0) is 18.2. The van der Waals surface area contributed by atoms with Crippen LogP contribution < -0.4 is 9.62 Å². The number of para-hydroxylation sites is 1. The second-order valence-corrected chi connectivity index (χ2v) is 7.79. The van der Waals surface area contributed by atoms with Crippen LogP contribution in [0.3, 0.4) is 0 Å². The van der Waals surface area contributed by atoms with E-state index in [9.17, 15) is 21.6 Å². The Hall–Kier alpha value is -1.48. The molecule has 0 fully saturated rings. The standard InChI is InChI=1S/C16H14ClF3N2O2S.ClH/c17-12-5-6-15(13(9-12)16(18,19)20)25(23,24)22-8-7-21-10-11-3-1-2-4-14(11)22;/h1-6,9,21H,7-8,10H2;1H. The Kier molecular flexibility index (Phi) is 6.12. The molecule has 2 aromatic carbocycles. The zero-order valence-corrected chi connectivity index (χ0v) is 15.6. The number of sulfonamides is 1. The van der Waals surface area contributed by atoms with Gasteiger partial charge < -0.3 is 5.32 Å². The molecule has 2 aromatic rings. The van der Waals surface area contributed by atoms with Crippen LogP contribution in [0.2, 0.25) is 5.02 Å². The summed E-state index contributed by atoms with van der Waals surface area (Å²) >= 11 is 5.65. The third-order valence-electron chi connectivity index (χ3n) is 3.88. The fraction of sp³-hybridized carbons (Fsp3) is 0.250. The van der Waals surface area contributed by atoms with Gasteiger partial charge >= 0.3 is 6.18 Å². The van der Waals surface area contributed by atoms with Gasteiger partial charge in [-0.15, -0.1) is 12.4 Å². The summed E-state index contributed by atoms with van der Waals surface area (Å²) in [6, 6.07) is 9.41. The number of halogens is 5. The predicted octanol–water partition coefficient (Wildman–Crippen LogP) is 4.08. The number of nitrogens with one attached hydrogen (secondary N) is 1. The molecule has 0 aromatic heterocycles. The molecule has 0 spiro atoms. The topological polar surface area (TPSA) is 49.4 Å². The van der Waals surface area contributed by atoms with E-state index in [1.165, 1.54) is 0 Å². The van der Waals surface area contributed by atoms with Gasteiger partial charge in [0, 0.05) is 24.7 Å². The average molecular weight is 427 g/mol. The van der Waals surface area contributed by atoms with Crippen LogP contribution in [0.4, 0.5) is 18.9 Å². The summed E-state index contributed by atoms with van der Waals surface area (Å²) in [5.41, 5.74) is -0.198. The lowest BCUT2D eigenvalue weighted by Crippen LogP contribution is -2.35. The molecule has 0 saturated heterocycles. The summed E-state index contributed by atoms with van der Waals surface area (Å²) < 4.78 is 67.1. The monoisotopic (exact) mass is 426 g/mol. The fourth-order valence-corrected chi connectivity index (χ4v) is 4.62. The summed E-state index contributed by atoms with van der Waals surface area (Å²) in [4.78, 5) is -0.805. The maximum atomic E-state index is 13.3. The number of benzene rings is 2. The van der Waals surface area contributed by atoms with Crippen molar-refractivity contribution in [3.05, 3.63) is 58.6 Å². The molecule has 0 bridgehead atoms. The van der Waals surface area contributed by atoms with Gasteiger partial charge in [-0.25, -0.2) is 8.42 Å². The molecule has 0 amide bonds. The Morgan fingerprint density at radius 3 is 2.50 bits per heavy atom. The van der Waals surface area contributed by atoms with E-state index in [0.29, 0.717) is 30.4 Å². The molecule has 0 unspecified atom stereocenters. The largest absolute Gasteiger partial charge is 0.417 e. The number of fused-ring (bicyclic) bond motifs is 1. The minimum absolute atomic E-state index is 0. The first-order valence-electron chi connectivity index (χ1n) is 7.39. The number of hydrogen-bond acceptors (Lipinski definition) is 3. The van der Waals surface area contributed by atoms with E-state index in [-0.39, 0.29) is 24.0 Å². The van der Waals surface area contributed by atoms with Crippen LogP contribution in [0.15, 0.2) is 47.4 Å². The van der Waals surface area contributed by atoms with E-state index in [1.807, 2.05) is 0 Å². The SMILES string of the molecule is Cl.O=S(=O)(c1ccc(Cl)cc1C(F)(F)F)N1CCNCc2ccccc21. The molecule has 26 heavy (non-hydrogen) atoms. The van der Waals surface area contributed by atoms with E-state index >= 15 is 0 Å². The number of rotatable bonds is 2. The summed E-state index contributed by atoms with van der Waals surface area (Å²) in [5.74, 6) is 0. The maximum absolute atomic E-state index is 13.3. The number of anilines is 1. The lowest BCUT2D eigenvalue weighted by atomic mass is 10.2. The van der Waals surface area contributed by atoms with Crippen LogP contribution in [-0.4, -0.2) is 21.5 Å². The Labute approximate surface area is 160 Å². The Bertz CT molecular complexity index is 905. The van der Waals surface area contributed by atoms with E-state index in [0.717, 1.165) is 16.4 Å². The summed E-state index contributed by atoms with van der Waals surface area (Å²) in [6.07, 6.45) is -4.84. The van der Waals surface area contributed by atoms with E-state index in [4.69, 9.17) is 11.6 Å². The predicted molar refractivity (Wildman–Crippen MR) is 96.4 cm³/mol. The fourth-order valence-electron chi connectivity index (χ4n) is 2.74. The highest BCUT2D eigenvalue weighted by Gasteiger charge is 2.40. The van der Waals surface area contributed by atoms with Crippen LogP contribution in [-0.2, 0) is 22.7 Å². The first-order valence-corrected chi connectivity index (χ1v) is 9.21. The molecule has 4 nitrogen and oxygen atoms in total. The quantitative estimate of drug-likeness (QED) is 0.786. The van der Waals surface area contributed by atoms with Crippen molar-refractivity contribution in [3.8, 4) is 0 Å². The third-order valence-corrected chi connectivity index (χ3v) is 5.99. The highest BCUT2D eigenvalue weighted by molar-refractivity contribution is 7.92. The first kappa shape index (κ1) is 20.8. The smallest absolute Gasteiger partial charge is 0.311 e. The molecule has 0 atom stereocenters.